The molecule has 0 N–H and O–H groups in total. The zero-order chi connectivity index (χ0) is 30.4. The van der Waals surface area contributed by atoms with Gasteiger partial charge in [0.25, 0.3) is 10.1 Å². The van der Waals surface area contributed by atoms with Gasteiger partial charge in [-0.05, 0) is 53.4 Å². The van der Waals surface area contributed by atoms with Gasteiger partial charge in [0.05, 0.1) is 23.6 Å². The molecule has 0 saturated heterocycles. The van der Waals surface area contributed by atoms with Gasteiger partial charge in [-0.3, -0.25) is 9.17 Å². The fourth-order valence-electron chi connectivity index (χ4n) is 5.64. The number of para-hydroxylation sites is 1. The predicted molar refractivity (Wildman–Crippen MR) is 174 cm³/mol. The van der Waals surface area contributed by atoms with Gasteiger partial charge >= 0.3 is 0 Å². The Morgan fingerprint density at radius 1 is 0.636 bits per heavy atom. The summed E-state index contributed by atoms with van der Waals surface area (Å²) in [5, 5.41) is 0.921. The number of aryl methyl sites for hydroxylation is 1. The first-order chi connectivity index (χ1) is 21.5. The maximum atomic E-state index is 13.3. The highest BCUT2D eigenvalue weighted by atomic mass is 32.2. The topological polar surface area (TPSA) is 65.5 Å². The van der Waals surface area contributed by atoms with Crippen LogP contribution in [0.3, 0.4) is 0 Å². The first kappa shape index (κ1) is 29.5. The highest BCUT2D eigenvalue weighted by Crippen LogP contribution is 2.41. The molecule has 0 saturated carbocycles. The van der Waals surface area contributed by atoms with Crippen LogP contribution in [0.25, 0.3) is 10.9 Å². The van der Waals surface area contributed by atoms with Crippen molar-refractivity contribution in [2.45, 2.75) is 23.3 Å². The van der Waals surface area contributed by atoms with Crippen LogP contribution >= 0.6 is 0 Å². The number of nitrogens with zero attached hydrogens (tertiary/aromatic N) is 1. The van der Waals surface area contributed by atoms with E-state index in [1.807, 2.05) is 91.9 Å². The van der Waals surface area contributed by atoms with Crippen molar-refractivity contribution in [2.24, 2.45) is 0 Å². The Hall–Kier alpha value is -4.62. The second kappa shape index (κ2) is 12.9. The van der Waals surface area contributed by atoms with E-state index in [1.54, 1.807) is 30.5 Å². The summed E-state index contributed by atoms with van der Waals surface area (Å²) in [5.41, 5.74) is 4.60. The number of hydrogen-bond donors (Lipinski definition) is 0. The number of rotatable bonds is 11. The lowest BCUT2D eigenvalue weighted by atomic mass is 9.80. The lowest BCUT2D eigenvalue weighted by Crippen LogP contribution is -2.35. The smallest absolute Gasteiger partial charge is 0.296 e. The Bertz CT molecular complexity index is 1830. The van der Waals surface area contributed by atoms with Gasteiger partial charge in [0, 0.05) is 17.5 Å². The van der Waals surface area contributed by atoms with E-state index in [0.29, 0.717) is 0 Å². The second-order valence-corrected chi connectivity index (χ2v) is 12.4. The van der Waals surface area contributed by atoms with Crippen molar-refractivity contribution in [2.75, 3.05) is 13.2 Å². The van der Waals surface area contributed by atoms with Crippen LogP contribution in [0, 0.1) is 6.92 Å². The first-order valence-electron chi connectivity index (χ1n) is 14.6. The molecular weight excluding hydrogens is 566 g/mol. The molecule has 6 heteroatoms. The highest BCUT2D eigenvalue weighted by molar-refractivity contribution is 7.86. The maximum absolute atomic E-state index is 13.3. The van der Waals surface area contributed by atoms with Gasteiger partial charge in [-0.1, -0.05) is 127 Å². The third-order valence-electron chi connectivity index (χ3n) is 7.90. The zero-order valence-corrected chi connectivity index (χ0v) is 25.2. The molecule has 1 heterocycles. The fraction of sp³-hybridized carbons (Fsp3) is 0.132. The molecule has 6 aromatic rings. The van der Waals surface area contributed by atoms with Crippen LogP contribution in [0.4, 0.5) is 0 Å². The standard InChI is InChI=1S/C38H33NO4S/c1-29-21-23-34(24-22-29)44(40,41)43-28-30(35-25-26-39-37-20-12-11-19-36(35)37)27-42-38(31-13-5-2-6-14-31,32-15-7-3-8-16-32)33-17-9-4-10-18-33/h2-26,30H,27-28H2,1H3/t30-/m0/s1. The molecule has 0 aliphatic rings. The minimum Gasteiger partial charge on any atom is -0.360 e. The molecule has 0 aliphatic heterocycles. The Kier molecular flexibility index (Phi) is 8.66. The van der Waals surface area contributed by atoms with Gasteiger partial charge in [0.15, 0.2) is 0 Å². The number of ether oxygens (including phenoxy) is 1. The van der Waals surface area contributed by atoms with E-state index >= 15 is 0 Å². The van der Waals surface area contributed by atoms with Gasteiger partial charge in [-0.15, -0.1) is 0 Å². The second-order valence-electron chi connectivity index (χ2n) is 10.8. The highest BCUT2D eigenvalue weighted by Gasteiger charge is 2.38. The Labute approximate surface area is 258 Å². The summed E-state index contributed by atoms with van der Waals surface area (Å²) in [4.78, 5) is 4.66. The van der Waals surface area contributed by atoms with Crippen molar-refractivity contribution < 1.29 is 17.3 Å². The van der Waals surface area contributed by atoms with Gasteiger partial charge < -0.3 is 4.74 Å². The van der Waals surface area contributed by atoms with Crippen molar-refractivity contribution in [3.8, 4) is 0 Å². The normalized spacial score (nSPS) is 12.7. The van der Waals surface area contributed by atoms with Crippen molar-refractivity contribution in [3.05, 3.63) is 180 Å². The van der Waals surface area contributed by atoms with Crippen LogP contribution in [-0.4, -0.2) is 26.6 Å². The molecule has 5 nitrogen and oxygen atoms in total. The van der Waals surface area contributed by atoms with E-state index in [2.05, 4.69) is 41.4 Å². The monoisotopic (exact) mass is 599 g/mol. The van der Waals surface area contributed by atoms with E-state index in [4.69, 9.17) is 8.92 Å². The maximum Gasteiger partial charge on any atom is 0.296 e. The molecule has 5 aromatic carbocycles. The fourth-order valence-corrected chi connectivity index (χ4v) is 6.59. The van der Waals surface area contributed by atoms with E-state index < -0.39 is 21.6 Å². The molecule has 0 spiro atoms. The average Bonchev–Trinajstić information content (AvgIpc) is 3.08. The van der Waals surface area contributed by atoms with Crippen molar-refractivity contribution in [1.29, 1.82) is 0 Å². The summed E-state index contributed by atoms with van der Waals surface area (Å²) < 4.78 is 39.6. The molecule has 0 bridgehead atoms. The molecule has 0 amide bonds. The van der Waals surface area contributed by atoms with Gasteiger partial charge in [-0.2, -0.15) is 8.42 Å². The average molecular weight is 600 g/mol. The summed E-state index contributed by atoms with van der Waals surface area (Å²) in [6, 6.07) is 46.8. The van der Waals surface area contributed by atoms with Gasteiger partial charge in [0.1, 0.15) is 5.60 Å². The van der Waals surface area contributed by atoms with Crippen LogP contribution in [0.15, 0.2) is 157 Å². The summed E-state index contributed by atoms with van der Waals surface area (Å²) in [6.07, 6.45) is 1.75. The summed E-state index contributed by atoms with van der Waals surface area (Å²) in [6.45, 7) is 1.96. The lowest BCUT2D eigenvalue weighted by molar-refractivity contribution is -0.00120. The van der Waals surface area contributed by atoms with Crippen LogP contribution in [0.5, 0.6) is 0 Å². The van der Waals surface area contributed by atoms with Crippen LogP contribution < -0.4 is 0 Å². The summed E-state index contributed by atoms with van der Waals surface area (Å²) >= 11 is 0. The van der Waals surface area contributed by atoms with Crippen molar-refractivity contribution >= 4 is 21.0 Å². The molecule has 220 valence electrons. The van der Waals surface area contributed by atoms with Crippen molar-refractivity contribution in [3.63, 3.8) is 0 Å². The Morgan fingerprint density at radius 3 is 1.73 bits per heavy atom. The minimum absolute atomic E-state index is 0.112. The largest absolute Gasteiger partial charge is 0.360 e. The van der Waals surface area contributed by atoms with Crippen LogP contribution in [0.1, 0.15) is 33.7 Å². The van der Waals surface area contributed by atoms with Crippen molar-refractivity contribution in [1.82, 2.24) is 4.98 Å². The van der Waals surface area contributed by atoms with E-state index in [0.717, 1.165) is 38.7 Å². The molecule has 0 aliphatic carbocycles. The number of fused-ring (bicyclic) bond motifs is 1. The van der Waals surface area contributed by atoms with E-state index in [9.17, 15) is 8.42 Å². The number of hydrogen-bond acceptors (Lipinski definition) is 5. The van der Waals surface area contributed by atoms with Gasteiger partial charge in [-0.25, -0.2) is 0 Å². The SMILES string of the molecule is Cc1ccc(S(=O)(=O)OC[C@H](COC(c2ccccc2)(c2ccccc2)c2ccccc2)c2ccnc3ccccc23)cc1. The summed E-state index contributed by atoms with van der Waals surface area (Å²) in [5.74, 6) is -0.446. The Morgan fingerprint density at radius 2 is 1.16 bits per heavy atom. The number of aromatic nitrogens is 1. The molecule has 44 heavy (non-hydrogen) atoms. The Balaban J connectivity index is 1.44. The van der Waals surface area contributed by atoms with Crippen LogP contribution in [0.2, 0.25) is 0 Å². The summed E-state index contributed by atoms with van der Waals surface area (Å²) in [7, 11) is -4.01. The van der Waals surface area contributed by atoms with Gasteiger partial charge in [0.2, 0.25) is 0 Å². The molecule has 0 unspecified atom stereocenters. The lowest BCUT2D eigenvalue weighted by Gasteiger charge is -2.37. The quantitative estimate of drug-likeness (QED) is 0.111. The number of pyridine rings is 1. The predicted octanol–water partition coefficient (Wildman–Crippen LogP) is 8.04. The third-order valence-corrected chi connectivity index (χ3v) is 9.19. The zero-order valence-electron chi connectivity index (χ0n) is 24.4. The van der Waals surface area contributed by atoms with E-state index in [-0.39, 0.29) is 18.1 Å². The molecule has 6 rings (SSSR count). The molecular formula is C38H33NO4S. The third kappa shape index (κ3) is 6.06. The first-order valence-corrected chi connectivity index (χ1v) is 16.0. The molecule has 0 radical (unpaired) electrons. The molecule has 0 fully saturated rings. The molecule has 1 atom stereocenters. The number of benzene rings is 5. The van der Waals surface area contributed by atoms with E-state index in [1.165, 1.54) is 0 Å². The molecule has 1 aromatic heterocycles. The minimum atomic E-state index is -4.01. The van der Waals surface area contributed by atoms with Crippen LogP contribution in [-0.2, 0) is 24.6 Å².